The summed E-state index contributed by atoms with van der Waals surface area (Å²) in [5, 5.41) is 9.98. The van der Waals surface area contributed by atoms with Crippen LogP contribution >= 0.6 is 0 Å². The summed E-state index contributed by atoms with van der Waals surface area (Å²) in [6.45, 7) is 5.93. The van der Waals surface area contributed by atoms with Gasteiger partial charge in [0, 0.05) is 12.0 Å². The van der Waals surface area contributed by atoms with Gasteiger partial charge < -0.3 is 9.84 Å². The SMILES string of the molecule is Cc1ccc(S(=O)(=O)O)c(C2(CO)CCOC(C)(C)C2)c1. The first-order chi connectivity index (χ1) is 9.60. The molecule has 2 rings (SSSR count). The lowest BCUT2D eigenvalue weighted by atomic mass is 9.69. The van der Waals surface area contributed by atoms with E-state index < -0.39 is 21.1 Å². The third kappa shape index (κ3) is 3.29. The minimum Gasteiger partial charge on any atom is -0.395 e. The van der Waals surface area contributed by atoms with Crippen molar-refractivity contribution in [1.82, 2.24) is 0 Å². The number of hydrogen-bond donors (Lipinski definition) is 2. The van der Waals surface area contributed by atoms with Crippen molar-refractivity contribution in [2.45, 2.75) is 49.5 Å². The first-order valence-electron chi connectivity index (χ1n) is 6.93. The van der Waals surface area contributed by atoms with Gasteiger partial charge in [-0.1, -0.05) is 17.7 Å². The number of ether oxygens (including phenoxy) is 1. The van der Waals surface area contributed by atoms with E-state index in [1.165, 1.54) is 6.07 Å². The van der Waals surface area contributed by atoms with Gasteiger partial charge in [-0.05, 0) is 45.2 Å². The standard InChI is InChI=1S/C15H22O5S/c1-11-4-5-13(21(17,18)19)12(8-11)15(10-16)6-7-20-14(2,3)9-15/h4-5,8,16H,6-7,9-10H2,1-3H3,(H,17,18,19). The van der Waals surface area contributed by atoms with Crippen molar-refractivity contribution in [3.05, 3.63) is 29.3 Å². The molecule has 21 heavy (non-hydrogen) atoms. The summed E-state index contributed by atoms with van der Waals surface area (Å²) >= 11 is 0. The van der Waals surface area contributed by atoms with Crippen molar-refractivity contribution in [3.8, 4) is 0 Å². The van der Waals surface area contributed by atoms with Crippen molar-refractivity contribution >= 4 is 10.1 Å². The maximum Gasteiger partial charge on any atom is 0.294 e. The summed E-state index contributed by atoms with van der Waals surface area (Å²) in [5.41, 5.74) is 0.179. The van der Waals surface area contributed by atoms with Crippen LogP contribution in [-0.4, -0.2) is 36.9 Å². The molecule has 1 saturated heterocycles. The summed E-state index contributed by atoms with van der Waals surface area (Å²) < 4.78 is 38.5. The number of hydrogen-bond acceptors (Lipinski definition) is 4. The Morgan fingerprint density at radius 2 is 2.00 bits per heavy atom. The van der Waals surface area contributed by atoms with Crippen molar-refractivity contribution in [1.29, 1.82) is 0 Å². The van der Waals surface area contributed by atoms with E-state index in [1.807, 2.05) is 20.8 Å². The Morgan fingerprint density at radius 1 is 1.33 bits per heavy atom. The Balaban J connectivity index is 2.65. The summed E-state index contributed by atoms with van der Waals surface area (Å²) in [6.07, 6.45) is 1.00. The molecule has 0 aromatic heterocycles. The molecule has 2 N–H and O–H groups in total. The van der Waals surface area contributed by atoms with E-state index in [-0.39, 0.29) is 11.5 Å². The van der Waals surface area contributed by atoms with Gasteiger partial charge in [-0.2, -0.15) is 8.42 Å². The summed E-state index contributed by atoms with van der Waals surface area (Å²) in [4.78, 5) is -0.125. The molecule has 0 amide bonds. The molecule has 0 radical (unpaired) electrons. The molecule has 1 aliphatic rings. The molecule has 1 atom stereocenters. The lowest BCUT2D eigenvalue weighted by Gasteiger charge is -2.44. The second-order valence-corrected chi connectivity index (χ2v) is 7.84. The summed E-state index contributed by atoms with van der Waals surface area (Å²) in [7, 11) is -4.34. The Labute approximate surface area is 125 Å². The van der Waals surface area contributed by atoms with Crippen LogP contribution in [0.15, 0.2) is 23.1 Å². The van der Waals surface area contributed by atoms with Gasteiger partial charge in [-0.25, -0.2) is 0 Å². The van der Waals surface area contributed by atoms with E-state index in [0.29, 0.717) is 25.0 Å². The van der Waals surface area contributed by atoms with Crippen LogP contribution in [0, 0.1) is 6.92 Å². The molecule has 1 aliphatic heterocycles. The van der Waals surface area contributed by atoms with Crippen LogP contribution in [0.2, 0.25) is 0 Å². The topological polar surface area (TPSA) is 83.8 Å². The fraction of sp³-hybridized carbons (Fsp3) is 0.600. The highest BCUT2D eigenvalue weighted by Gasteiger charge is 2.44. The van der Waals surface area contributed by atoms with E-state index >= 15 is 0 Å². The Hall–Kier alpha value is -0.950. The fourth-order valence-electron chi connectivity index (χ4n) is 3.21. The molecule has 1 heterocycles. The van der Waals surface area contributed by atoms with Gasteiger partial charge in [0.05, 0.1) is 17.1 Å². The number of rotatable bonds is 3. The molecule has 118 valence electrons. The highest BCUT2D eigenvalue weighted by molar-refractivity contribution is 7.85. The van der Waals surface area contributed by atoms with Crippen LogP contribution in [0.25, 0.3) is 0 Å². The molecule has 1 aromatic rings. The lowest BCUT2D eigenvalue weighted by Crippen LogP contribution is -2.46. The maximum absolute atomic E-state index is 11.7. The number of aryl methyl sites for hydroxylation is 1. The van der Waals surface area contributed by atoms with E-state index in [9.17, 15) is 18.1 Å². The highest BCUT2D eigenvalue weighted by Crippen LogP contribution is 2.43. The van der Waals surface area contributed by atoms with Crippen LogP contribution in [0.3, 0.4) is 0 Å². The molecule has 0 aliphatic carbocycles. The minimum absolute atomic E-state index is 0.125. The Bertz CT molecular complexity index is 635. The Morgan fingerprint density at radius 3 is 2.52 bits per heavy atom. The van der Waals surface area contributed by atoms with E-state index in [2.05, 4.69) is 0 Å². The predicted molar refractivity (Wildman–Crippen MR) is 79.0 cm³/mol. The molecule has 0 spiro atoms. The summed E-state index contributed by atoms with van der Waals surface area (Å²) in [5.74, 6) is 0. The molecule has 1 aromatic carbocycles. The molecule has 1 unspecified atom stereocenters. The van der Waals surface area contributed by atoms with Crippen molar-refractivity contribution in [2.75, 3.05) is 13.2 Å². The quantitative estimate of drug-likeness (QED) is 0.834. The monoisotopic (exact) mass is 314 g/mol. The van der Waals surface area contributed by atoms with Crippen LogP contribution in [-0.2, 0) is 20.3 Å². The summed E-state index contributed by atoms with van der Waals surface area (Å²) in [6, 6.07) is 4.78. The number of benzene rings is 1. The van der Waals surface area contributed by atoms with Crippen molar-refractivity contribution in [2.24, 2.45) is 0 Å². The third-order valence-corrected chi connectivity index (χ3v) is 5.04. The van der Waals surface area contributed by atoms with Gasteiger partial charge in [0.2, 0.25) is 0 Å². The van der Waals surface area contributed by atoms with Crippen LogP contribution in [0.4, 0.5) is 0 Å². The zero-order valence-corrected chi connectivity index (χ0v) is 13.4. The predicted octanol–water partition coefficient (Wildman–Crippen LogP) is 2.06. The lowest BCUT2D eigenvalue weighted by molar-refractivity contribution is -0.0927. The fourth-order valence-corrected chi connectivity index (χ4v) is 4.00. The van der Waals surface area contributed by atoms with Crippen molar-refractivity contribution in [3.63, 3.8) is 0 Å². The van der Waals surface area contributed by atoms with Gasteiger partial charge in [-0.3, -0.25) is 4.55 Å². The van der Waals surface area contributed by atoms with Gasteiger partial charge in [0.1, 0.15) is 0 Å². The van der Waals surface area contributed by atoms with Crippen LogP contribution in [0.1, 0.15) is 37.8 Å². The van der Waals surface area contributed by atoms with E-state index in [0.717, 1.165) is 5.56 Å². The minimum atomic E-state index is -4.34. The van der Waals surface area contributed by atoms with Gasteiger partial charge >= 0.3 is 0 Å². The molecular formula is C15H22O5S. The smallest absolute Gasteiger partial charge is 0.294 e. The molecule has 0 bridgehead atoms. The zero-order valence-electron chi connectivity index (χ0n) is 12.6. The third-order valence-electron chi connectivity index (χ3n) is 4.12. The van der Waals surface area contributed by atoms with Gasteiger partial charge in [0.15, 0.2) is 0 Å². The molecule has 5 nitrogen and oxygen atoms in total. The average Bonchev–Trinajstić information content (AvgIpc) is 2.35. The highest BCUT2D eigenvalue weighted by atomic mass is 32.2. The second-order valence-electron chi connectivity index (χ2n) is 6.45. The number of aliphatic hydroxyl groups excluding tert-OH is 1. The molecular weight excluding hydrogens is 292 g/mol. The Kier molecular flexibility index (Phi) is 4.19. The van der Waals surface area contributed by atoms with Crippen molar-refractivity contribution < 1.29 is 22.8 Å². The first kappa shape index (κ1) is 16.4. The van der Waals surface area contributed by atoms with E-state index in [4.69, 9.17) is 4.74 Å². The maximum atomic E-state index is 11.7. The first-order valence-corrected chi connectivity index (χ1v) is 8.37. The average molecular weight is 314 g/mol. The molecule has 1 fully saturated rings. The normalized spacial score (nSPS) is 25.8. The van der Waals surface area contributed by atoms with Crippen LogP contribution < -0.4 is 0 Å². The van der Waals surface area contributed by atoms with Crippen LogP contribution in [0.5, 0.6) is 0 Å². The largest absolute Gasteiger partial charge is 0.395 e. The number of aliphatic hydroxyl groups is 1. The van der Waals surface area contributed by atoms with Gasteiger partial charge in [0.25, 0.3) is 10.1 Å². The van der Waals surface area contributed by atoms with Gasteiger partial charge in [-0.15, -0.1) is 0 Å². The zero-order chi connectivity index (χ0) is 15.9. The second kappa shape index (κ2) is 5.35. The van der Waals surface area contributed by atoms with E-state index in [1.54, 1.807) is 12.1 Å². The molecule has 6 heteroatoms. The molecule has 0 saturated carbocycles.